The van der Waals surface area contributed by atoms with Gasteiger partial charge in [0.2, 0.25) is 0 Å². The molecule has 2 nitrogen and oxygen atoms in total. The van der Waals surface area contributed by atoms with Gasteiger partial charge in [-0.3, -0.25) is 0 Å². The Bertz CT molecular complexity index is 224. The number of rotatable bonds is 3. The second-order valence-corrected chi connectivity index (χ2v) is 3.89. The van der Waals surface area contributed by atoms with Crippen molar-refractivity contribution in [1.29, 1.82) is 0 Å². The van der Waals surface area contributed by atoms with Crippen LogP contribution in [-0.2, 0) is 9.53 Å². The molecule has 13 heavy (non-hydrogen) atoms. The summed E-state index contributed by atoms with van der Waals surface area (Å²) in [5.74, 6) is -0.0455. The lowest BCUT2D eigenvalue weighted by Crippen LogP contribution is -2.24. The molecule has 0 bridgehead atoms. The van der Waals surface area contributed by atoms with E-state index in [0.29, 0.717) is 11.5 Å². The molecular formula is C10H15ClO2. The molecule has 0 atom stereocenters. The Labute approximate surface area is 84.2 Å². The number of alkyl halides is 1. The molecule has 3 heteroatoms. The van der Waals surface area contributed by atoms with E-state index in [9.17, 15) is 4.79 Å². The van der Waals surface area contributed by atoms with Crippen LogP contribution in [0.3, 0.4) is 0 Å². The fourth-order valence-corrected chi connectivity index (χ4v) is 0.688. The molecule has 0 aromatic rings. The van der Waals surface area contributed by atoms with E-state index in [1.807, 2.05) is 20.8 Å². The van der Waals surface area contributed by atoms with Gasteiger partial charge in [0.05, 0.1) is 5.57 Å². The Kier molecular flexibility index (Phi) is 4.78. The highest BCUT2D eigenvalue weighted by atomic mass is 35.5. The van der Waals surface area contributed by atoms with Crippen molar-refractivity contribution >= 4 is 17.6 Å². The van der Waals surface area contributed by atoms with Crippen LogP contribution < -0.4 is 0 Å². The first-order valence-electron chi connectivity index (χ1n) is 4.01. The lowest BCUT2D eigenvalue weighted by atomic mass is 10.2. The molecule has 0 heterocycles. The van der Waals surface area contributed by atoms with Crippen molar-refractivity contribution in [1.82, 2.24) is 0 Å². The number of allylic oxidation sites excluding steroid dienone is 1. The standard InChI is InChI=1S/C10H15ClO2/c1-8(6-5-7-11)9(12)13-10(2,3)4/h5-6H,1,7H2,2-4H3. The summed E-state index contributed by atoms with van der Waals surface area (Å²) >= 11 is 5.40. The Hall–Kier alpha value is -0.760. The van der Waals surface area contributed by atoms with E-state index < -0.39 is 11.6 Å². The van der Waals surface area contributed by atoms with Crippen molar-refractivity contribution in [2.45, 2.75) is 26.4 Å². The van der Waals surface area contributed by atoms with Crippen LogP contribution in [0.4, 0.5) is 0 Å². The minimum absolute atomic E-state index is 0.315. The van der Waals surface area contributed by atoms with Crippen molar-refractivity contribution in [2.75, 3.05) is 5.88 Å². The van der Waals surface area contributed by atoms with Gasteiger partial charge in [0.15, 0.2) is 0 Å². The van der Waals surface area contributed by atoms with E-state index in [1.165, 1.54) is 0 Å². The van der Waals surface area contributed by atoms with Crippen LogP contribution in [0.2, 0.25) is 0 Å². The summed E-state index contributed by atoms with van der Waals surface area (Å²) in [5.41, 5.74) is -0.162. The van der Waals surface area contributed by atoms with Gasteiger partial charge in [0, 0.05) is 5.88 Å². The van der Waals surface area contributed by atoms with E-state index in [1.54, 1.807) is 12.2 Å². The minimum Gasteiger partial charge on any atom is -0.456 e. The highest BCUT2D eigenvalue weighted by molar-refractivity contribution is 6.19. The molecule has 0 aliphatic rings. The van der Waals surface area contributed by atoms with Gasteiger partial charge in [-0.25, -0.2) is 4.79 Å². The number of esters is 1. The van der Waals surface area contributed by atoms with Crippen molar-refractivity contribution < 1.29 is 9.53 Å². The number of hydrogen-bond acceptors (Lipinski definition) is 2. The van der Waals surface area contributed by atoms with Crippen molar-refractivity contribution in [3.05, 3.63) is 24.3 Å². The lowest BCUT2D eigenvalue weighted by Gasteiger charge is -2.19. The first kappa shape index (κ1) is 12.2. The third-order valence-corrected chi connectivity index (χ3v) is 1.25. The number of carbonyl (C=O) groups excluding carboxylic acids is 1. The summed E-state index contributed by atoms with van der Waals surface area (Å²) in [6, 6.07) is 0. The molecule has 0 spiro atoms. The molecule has 0 fully saturated rings. The molecule has 0 rings (SSSR count). The Morgan fingerprint density at radius 3 is 2.46 bits per heavy atom. The summed E-state index contributed by atoms with van der Waals surface area (Å²) in [6.45, 7) is 8.98. The summed E-state index contributed by atoms with van der Waals surface area (Å²) in [7, 11) is 0. The highest BCUT2D eigenvalue weighted by Crippen LogP contribution is 2.10. The van der Waals surface area contributed by atoms with Crippen molar-refractivity contribution in [3.63, 3.8) is 0 Å². The molecule has 0 amide bonds. The normalized spacial score (nSPS) is 11.7. The first-order valence-corrected chi connectivity index (χ1v) is 4.55. The van der Waals surface area contributed by atoms with Crippen LogP contribution >= 0.6 is 11.6 Å². The van der Waals surface area contributed by atoms with E-state index in [2.05, 4.69) is 6.58 Å². The molecule has 74 valence electrons. The molecular weight excluding hydrogens is 188 g/mol. The summed E-state index contributed by atoms with van der Waals surface area (Å²) in [4.78, 5) is 11.2. The molecule has 0 radical (unpaired) electrons. The largest absolute Gasteiger partial charge is 0.456 e. The number of halogens is 1. The predicted molar refractivity (Wildman–Crippen MR) is 54.8 cm³/mol. The molecule has 0 saturated heterocycles. The summed E-state index contributed by atoms with van der Waals surface area (Å²) < 4.78 is 5.06. The highest BCUT2D eigenvalue weighted by Gasteiger charge is 2.16. The molecule has 0 aromatic carbocycles. The number of carbonyl (C=O) groups is 1. The van der Waals surface area contributed by atoms with Gasteiger partial charge in [0.25, 0.3) is 0 Å². The van der Waals surface area contributed by atoms with Crippen molar-refractivity contribution in [2.24, 2.45) is 0 Å². The van der Waals surface area contributed by atoms with Gasteiger partial charge in [-0.15, -0.1) is 11.6 Å². The number of ether oxygens (including phenoxy) is 1. The third-order valence-electron chi connectivity index (χ3n) is 1.07. The fraction of sp³-hybridized carbons (Fsp3) is 0.500. The second-order valence-electron chi connectivity index (χ2n) is 3.58. The number of hydrogen-bond donors (Lipinski definition) is 0. The molecule has 0 aliphatic carbocycles. The van der Waals surface area contributed by atoms with Crippen LogP contribution in [0, 0.1) is 0 Å². The fourth-order valence-electron chi connectivity index (χ4n) is 0.598. The van der Waals surface area contributed by atoms with Crippen LogP contribution in [-0.4, -0.2) is 17.5 Å². The monoisotopic (exact) mass is 202 g/mol. The zero-order chi connectivity index (χ0) is 10.5. The van der Waals surface area contributed by atoms with Crippen LogP contribution in [0.5, 0.6) is 0 Å². The zero-order valence-corrected chi connectivity index (χ0v) is 9.02. The molecule has 0 saturated carbocycles. The third kappa shape index (κ3) is 6.41. The minimum atomic E-state index is -0.477. The average Bonchev–Trinajstić information content (AvgIpc) is 1.96. The molecule has 0 aliphatic heterocycles. The smallest absolute Gasteiger partial charge is 0.338 e. The Balaban J connectivity index is 4.13. The SMILES string of the molecule is C=C(C=CCCl)C(=O)OC(C)(C)C. The summed E-state index contributed by atoms with van der Waals surface area (Å²) in [6.07, 6.45) is 3.20. The molecule has 0 aromatic heterocycles. The van der Waals surface area contributed by atoms with Gasteiger partial charge >= 0.3 is 5.97 Å². The average molecular weight is 203 g/mol. The predicted octanol–water partition coefficient (Wildman–Crippen LogP) is 2.68. The van der Waals surface area contributed by atoms with Crippen molar-refractivity contribution in [3.8, 4) is 0 Å². The van der Waals surface area contributed by atoms with Gasteiger partial charge < -0.3 is 4.74 Å². The van der Waals surface area contributed by atoms with E-state index in [0.717, 1.165) is 0 Å². The van der Waals surface area contributed by atoms with E-state index in [-0.39, 0.29) is 0 Å². The van der Waals surface area contributed by atoms with E-state index in [4.69, 9.17) is 16.3 Å². The van der Waals surface area contributed by atoms with Crippen LogP contribution in [0.25, 0.3) is 0 Å². The Morgan fingerprint density at radius 1 is 1.54 bits per heavy atom. The maximum absolute atomic E-state index is 11.2. The first-order chi connectivity index (χ1) is 5.87. The second kappa shape index (κ2) is 5.07. The van der Waals surface area contributed by atoms with Gasteiger partial charge in [0.1, 0.15) is 5.60 Å². The van der Waals surface area contributed by atoms with Gasteiger partial charge in [-0.2, -0.15) is 0 Å². The van der Waals surface area contributed by atoms with Gasteiger partial charge in [-0.05, 0) is 20.8 Å². The lowest BCUT2D eigenvalue weighted by molar-refractivity contribution is -0.149. The molecule has 0 N–H and O–H groups in total. The topological polar surface area (TPSA) is 26.3 Å². The maximum atomic E-state index is 11.2. The maximum Gasteiger partial charge on any atom is 0.338 e. The van der Waals surface area contributed by atoms with Crippen LogP contribution in [0.1, 0.15) is 20.8 Å². The van der Waals surface area contributed by atoms with Crippen LogP contribution in [0.15, 0.2) is 24.3 Å². The summed E-state index contributed by atoms with van der Waals surface area (Å²) in [5, 5.41) is 0. The Morgan fingerprint density at radius 2 is 2.08 bits per heavy atom. The molecule has 0 unspecified atom stereocenters. The van der Waals surface area contributed by atoms with Gasteiger partial charge in [-0.1, -0.05) is 18.7 Å². The zero-order valence-electron chi connectivity index (χ0n) is 8.26. The quantitative estimate of drug-likeness (QED) is 0.305. The van der Waals surface area contributed by atoms with E-state index >= 15 is 0 Å².